The molecule has 1 amide bonds. The van der Waals surface area contributed by atoms with Gasteiger partial charge in [0.15, 0.2) is 0 Å². The van der Waals surface area contributed by atoms with E-state index in [4.69, 9.17) is 9.84 Å². The summed E-state index contributed by atoms with van der Waals surface area (Å²) in [6, 6.07) is 0.474. The van der Waals surface area contributed by atoms with Gasteiger partial charge in [-0.2, -0.15) is 0 Å². The van der Waals surface area contributed by atoms with Gasteiger partial charge in [-0.1, -0.05) is 0 Å². The number of likely N-dealkylation sites (tertiary alicyclic amines) is 1. The Kier molecular flexibility index (Phi) is 3.78. The molecule has 0 aromatic carbocycles. The van der Waals surface area contributed by atoms with E-state index in [2.05, 4.69) is 11.9 Å². The molecule has 92 valence electrons. The Morgan fingerprint density at radius 3 is 3.00 bits per heavy atom. The molecule has 5 heteroatoms. The number of likely N-dealkylation sites (N-methyl/N-ethyl adjacent to an activating group) is 1. The monoisotopic (exact) mass is 228 g/mol. The second kappa shape index (κ2) is 5.12. The van der Waals surface area contributed by atoms with Crippen molar-refractivity contribution >= 4 is 5.91 Å². The number of carbonyl (C=O) groups excluding carboxylic acids is 1. The quantitative estimate of drug-likeness (QED) is 0.694. The Morgan fingerprint density at radius 2 is 2.38 bits per heavy atom. The van der Waals surface area contributed by atoms with Crippen molar-refractivity contribution in [1.29, 1.82) is 0 Å². The number of hydrogen-bond donors (Lipinski definition) is 1. The predicted molar refractivity (Wildman–Crippen MR) is 59.1 cm³/mol. The van der Waals surface area contributed by atoms with Crippen LogP contribution in [0.3, 0.4) is 0 Å². The number of aliphatic hydroxyl groups is 1. The van der Waals surface area contributed by atoms with Gasteiger partial charge in [0.2, 0.25) is 5.91 Å². The second-order valence-corrected chi connectivity index (χ2v) is 4.69. The summed E-state index contributed by atoms with van der Waals surface area (Å²) in [5.41, 5.74) is 0. The number of morpholine rings is 1. The molecular formula is C11H20N2O3. The molecule has 0 spiro atoms. The van der Waals surface area contributed by atoms with Crippen molar-refractivity contribution < 1.29 is 14.6 Å². The second-order valence-electron chi connectivity index (χ2n) is 4.69. The Bertz CT molecular complexity index is 260. The highest BCUT2D eigenvalue weighted by Crippen LogP contribution is 2.17. The van der Waals surface area contributed by atoms with E-state index >= 15 is 0 Å². The first kappa shape index (κ1) is 11.8. The van der Waals surface area contributed by atoms with Crippen LogP contribution in [0.1, 0.15) is 12.8 Å². The van der Waals surface area contributed by atoms with Crippen molar-refractivity contribution in [3.05, 3.63) is 0 Å². The molecule has 16 heavy (non-hydrogen) atoms. The lowest BCUT2D eigenvalue weighted by atomic mass is 10.2. The summed E-state index contributed by atoms with van der Waals surface area (Å²) < 4.78 is 5.21. The van der Waals surface area contributed by atoms with Gasteiger partial charge in [-0.05, 0) is 26.4 Å². The van der Waals surface area contributed by atoms with Crippen LogP contribution in [0.25, 0.3) is 0 Å². The van der Waals surface area contributed by atoms with Gasteiger partial charge >= 0.3 is 0 Å². The molecule has 2 rings (SSSR count). The van der Waals surface area contributed by atoms with Crippen LogP contribution >= 0.6 is 0 Å². The highest BCUT2D eigenvalue weighted by molar-refractivity contribution is 5.78. The fraction of sp³-hybridized carbons (Fsp3) is 0.909. The number of carbonyl (C=O) groups is 1. The van der Waals surface area contributed by atoms with Crippen LogP contribution in [-0.2, 0) is 9.53 Å². The smallest absolute Gasteiger partial charge is 0.248 e. The number of ether oxygens (including phenoxy) is 1. The molecular weight excluding hydrogens is 208 g/mol. The lowest BCUT2D eigenvalue weighted by Crippen LogP contribution is -2.51. The third-order valence-corrected chi connectivity index (χ3v) is 3.53. The predicted octanol–water partition coefficient (Wildman–Crippen LogP) is -0.700. The number of rotatable bonds is 3. The van der Waals surface area contributed by atoms with Gasteiger partial charge in [0.05, 0.1) is 12.7 Å². The zero-order chi connectivity index (χ0) is 11.5. The Labute approximate surface area is 96.0 Å². The van der Waals surface area contributed by atoms with E-state index in [0.717, 1.165) is 19.5 Å². The van der Waals surface area contributed by atoms with Crippen molar-refractivity contribution in [2.45, 2.75) is 25.0 Å². The lowest BCUT2D eigenvalue weighted by molar-refractivity contribution is -0.151. The molecule has 2 fully saturated rings. The van der Waals surface area contributed by atoms with Crippen molar-refractivity contribution in [1.82, 2.24) is 9.80 Å². The van der Waals surface area contributed by atoms with Crippen LogP contribution in [0.4, 0.5) is 0 Å². The van der Waals surface area contributed by atoms with Gasteiger partial charge in [-0.25, -0.2) is 0 Å². The van der Waals surface area contributed by atoms with Gasteiger partial charge in [-0.3, -0.25) is 4.79 Å². The molecule has 0 saturated carbocycles. The minimum atomic E-state index is -0.204. The minimum absolute atomic E-state index is 0.00964. The first-order valence-corrected chi connectivity index (χ1v) is 5.91. The Hall–Kier alpha value is -0.650. The number of amides is 1. The summed E-state index contributed by atoms with van der Waals surface area (Å²) in [5, 5.41) is 9.03. The van der Waals surface area contributed by atoms with Crippen LogP contribution in [0, 0.1) is 0 Å². The van der Waals surface area contributed by atoms with Crippen molar-refractivity contribution in [3.8, 4) is 0 Å². The van der Waals surface area contributed by atoms with E-state index in [1.54, 1.807) is 0 Å². The lowest BCUT2D eigenvalue weighted by Gasteiger charge is -2.35. The van der Waals surface area contributed by atoms with Gasteiger partial charge in [0.1, 0.15) is 6.61 Å². The first-order chi connectivity index (χ1) is 7.70. The van der Waals surface area contributed by atoms with Gasteiger partial charge < -0.3 is 19.6 Å². The average Bonchev–Trinajstić information content (AvgIpc) is 2.68. The van der Waals surface area contributed by atoms with Crippen LogP contribution in [0.2, 0.25) is 0 Å². The topological polar surface area (TPSA) is 53.0 Å². The van der Waals surface area contributed by atoms with E-state index in [0.29, 0.717) is 12.6 Å². The van der Waals surface area contributed by atoms with E-state index in [-0.39, 0.29) is 25.2 Å². The summed E-state index contributed by atoms with van der Waals surface area (Å²) in [4.78, 5) is 15.8. The third kappa shape index (κ3) is 2.53. The maximum Gasteiger partial charge on any atom is 0.248 e. The molecule has 2 saturated heterocycles. The van der Waals surface area contributed by atoms with Gasteiger partial charge in [0.25, 0.3) is 0 Å². The summed E-state index contributed by atoms with van der Waals surface area (Å²) in [7, 11) is 2.10. The Balaban J connectivity index is 1.89. The van der Waals surface area contributed by atoms with E-state index < -0.39 is 0 Å². The SMILES string of the molecule is CN1CCCC1CN1CC(CO)OCC1=O. The molecule has 2 aliphatic heterocycles. The molecule has 2 heterocycles. The maximum absolute atomic E-state index is 11.7. The molecule has 1 N–H and O–H groups in total. The van der Waals surface area contributed by atoms with Gasteiger partial charge in [0, 0.05) is 19.1 Å². The molecule has 5 nitrogen and oxygen atoms in total. The zero-order valence-electron chi connectivity index (χ0n) is 9.76. The summed E-state index contributed by atoms with van der Waals surface area (Å²) in [6.45, 7) is 2.52. The molecule has 2 aliphatic rings. The van der Waals surface area contributed by atoms with Crippen molar-refractivity contribution in [2.75, 3.05) is 39.9 Å². The standard InChI is InChI=1S/C11H20N2O3/c1-12-4-2-3-9(12)5-13-6-10(7-14)16-8-11(13)15/h9-10,14H,2-8H2,1H3. The van der Waals surface area contributed by atoms with Crippen LogP contribution in [0.5, 0.6) is 0 Å². The molecule has 0 aliphatic carbocycles. The van der Waals surface area contributed by atoms with Crippen LogP contribution in [-0.4, -0.2) is 72.9 Å². The van der Waals surface area contributed by atoms with Crippen molar-refractivity contribution in [2.24, 2.45) is 0 Å². The largest absolute Gasteiger partial charge is 0.394 e. The number of aliphatic hydroxyl groups excluding tert-OH is 1. The highest BCUT2D eigenvalue weighted by Gasteiger charge is 2.30. The van der Waals surface area contributed by atoms with Gasteiger partial charge in [-0.15, -0.1) is 0 Å². The fourth-order valence-corrected chi connectivity index (χ4v) is 2.43. The van der Waals surface area contributed by atoms with Crippen LogP contribution < -0.4 is 0 Å². The number of hydrogen-bond acceptors (Lipinski definition) is 4. The summed E-state index contributed by atoms with van der Waals surface area (Å²) >= 11 is 0. The molecule has 0 aromatic rings. The van der Waals surface area contributed by atoms with Crippen molar-refractivity contribution in [3.63, 3.8) is 0 Å². The van der Waals surface area contributed by atoms with Crippen LogP contribution in [0.15, 0.2) is 0 Å². The molecule has 2 unspecified atom stereocenters. The minimum Gasteiger partial charge on any atom is -0.394 e. The first-order valence-electron chi connectivity index (χ1n) is 5.91. The third-order valence-electron chi connectivity index (χ3n) is 3.53. The molecule has 0 bridgehead atoms. The maximum atomic E-state index is 11.7. The number of nitrogens with zero attached hydrogens (tertiary/aromatic N) is 2. The average molecular weight is 228 g/mol. The zero-order valence-corrected chi connectivity index (χ0v) is 9.76. The highest BCUT2D eigenvalue weighted by atomic mass is 16.5. The Morgan fingerprint density at radius 1 is 1.56 bits per heavy atom. The van der Waals surface area contributed by atoms with E-state index in [9.17, 15) is 4.79 Å². The summed E-state index contributed by atoms with van der Waals surface area (Å²) in [5.74, 6) is 0.0463. The normalized spacial score (nSPS) is 32.4. The van der Waals surface area contributed by atoms with E-state index in [1.165, 1.54) is 6.42 Å². The molecule has 0 radical (unpaired) electrons. The molecule has 0 aromatic heterocycles. The summed E-state index contributed by atoms with van der Waals surface area (Å²) in [6.07, 6.45) is 2.16. The van der Waals surface area contributed by atoms with E-state index in [1.807, 2.05) is 4.90 Å². The fourth-order valence-electron chi connectivity index (χ4n) is 2.43. The molecule has 2 atom stereocenters.